The van der Waals surface area contributed by atoms with Crippen LogP contribution < -0.4 is 5.32 Å². The number of carbonyl (C=O) groups excluding carboxylic acids is 1. The molecular formula is C18H21N3O. The highest BCUT2D eigenvalue weighted by molar-refractivity contribution is 6.01. The maximum atomic E-state index is 12.3. The molecule has 1 amide bonds. The largest absolute Gasteiger partial charge is 0.349 e. The van der Waals surface area contributed by atoms with Crippen LogP contribution in [0, 0.1) is 11.3 Å². The lowest BCUT2D eigenvalue weighted by Crippen LogP contribution is -2.45. The van der Waals surface area contributed by atoms with E-state index in [1.165, 1.54) is 12.8 Å². The second kappa shape index (κ2) is 6.76. The van der Waals surface area contributed by atoms with Crippen molar-refractivity contribution in [2.24, 2.45) is 0 Å². The molecule has 4 heteroatoms. The number of amides is 1. The van der Waals surface area contributed by atoms with Gasteiger partial charge in [-0.2, -0.15) is 5.26 Å². The van der Waals surface area contributed by atoms with Gasteiger partial charge in [0.25, 0.3) is 5.91 Å². The van der Waals surface area contributed by atoms with Gasteiger partial charge in [0.15, 0.2) is 0 Å². The zero-order chi connectivity index (χ0) is 15.4. The second-order valence-corrected chi connectivity index (χ2v) is 6.10. The highest BCUT2D eigenvalue weighted by atomic mass is 16.1. The summed E-state index contributed by atoms with van der Waals surface area (Å²) < 4.78 is 0. The first kappa shape index (κ1) is 14.8. The number of nitrogens with zero attached hydrogens (tertiary/aromatic N) is 2. The van der Waals surface area contributed by atoms with Gasteiger partial charge in [-0.25, -0.2) is 0 Å². The Morgan fingerprint density at radius 1 is 1.18 bits per heavy atom. The number of nitrogens with one attached hydrogen (secondary N) is 1. The fourth-order valence-electron chi connectivity index (χ4n) is 2.98. The molecule has 1 N–H and O–H groups in total. The zero-order valence-electron chi connectivity index (χ0n) is 12.7. The number of hydrogen-bond acceptors (Lipinski definition) is 3. The van der Waals surface area contributed by atoms with E-state index in [2.05, 4.69) is 10.2 Å². The fraction of sp³-hybridized carbons (Fsp3) is 0.444. The summed E-state index contributed by atoms with van der Waals surface area (Å²) in [5.41, 5.74) is 1.05. The number of rotatable bonds is 4. The summed E-state index contributed by atoms with van der Waals surface area (Å²) in [6.45, 7) is 2.11. The Kier molecular flexibility index (Phi) is 4.55. The SMILES string of the molecule is N#CC(=Cc1ccccc1)C(=O)NC1CCN(C2CC2)CC1. The van der Waals surface area contributed by atoms with Gasteiger partial charge in [0.1, 0.15) is 11.6 Å². The molecule has 0 radical (unpaired) electrons. The first-order chi connectivity index (χ1) is 10.8. The molecule has 0 bridgehead atoms. The third kappa shape index (κ3) is 3.75. The van der Waals surface area contributed by atoms with Crippen LogP contribution >= 0.6 is 0 Å². The zero-order valence-corrected chi connectivity index (χ0v) is 12.7. The van der Waals surface area contributed by atoms with E-state index in [1.807, 2.05) is 36.4 Å². The first-order valence-electron chi connectivity index (χ1n) is 7.98. The lowest BCUT2D eigenvalue weighted by atomic mass is 10.0. The fourth-order valence-corrected chi connectivity index (χ4v) is 2.98. The number of carbonyl (C=O) groups is 1. The highest BCUT2D eigenvalue weighted by Gasteiger charge is 2.32. The molecular weight excluding hydrogens is 274 g/mol. The molecule has 1 aliphatic carbocycles. The summed E-state index contributed by atoms with van der Waals surface area (Å²) in [6, 6.07) is 12.5. The molecule has 1 saturated carbocycles. The summed E-state index contributed by atoms with van der Waals surface area (Å²) in [7, 11) is 0. The van der Waals surface area contributed by atoms with Crippen molar-refractivity contribution < 1.29 is 4.79 Å². The number of piperidine rings is 1. The van der Waals surface area contributed by atoms with Crippen LogP contribution in [0.25, 0.3) is 6.08 Å². The quantitative estimate of drug-likeness (QED) is 0.685. The van der Waals surface area contributed by atoms with E-state index in [9.17, 15) is 10.1 Å². The van der Waals surface area contributed by atoms with Gasteiger partial charge in [0, 0.05) is 25.2 Å². The smallest absolute Gasteiger partial charge is 0.262 e. The second-order valence-electron chi connectivity index (χ2n) is 6.10. The van der Waals surface area contributed by atoms with Gasteiger partial charge in [-0.1, -0.05) is 30.3 Å². The van der Waals surface area contributed by atoms with Crippen molar-refractivity contribution in [3.63, 3.8) is 0 Å². The monoisotopic (exact) mass is 295 g/mol. The predicted octanol–water partition coefficient (Wildman–Crippen LogP) is 2.34. The molecule has 1 aromatic carbocycles. The molecule has 0 atom stereocenters. The standard InChI is InChI=1S/C18H21N3O/c19-13-15(12-14-4-2-1-3-5-14)18(22)20-16-8-10-21(11-9-16)17-6-7-17/h1-5,12,16-17H,6-11H2,(H,20,22). The van der Waals surface area contributed by atoms with Crippen LogP contribution in [-0.2, 0) is 4.79 Å². The molecule has 1 heterocycles. The summed E-state index contributed by atoms with van der Waals surface area (Å²) >= 11 is 0. The van der Waals surface area contributed by atoms with Crippen LogP contribution in [0.3, 0.4) is 0 Å². The van der Waals surface area contributed by atoms with Gasteiger partial charge in [-0.15, -0.1) is 0 Å². The van der Waals surface area contributed by atoms with Crippen molar-refractivity contribution in [2.45, 2.75) is 37.8 Å². The lowest BCUT2D eigenvalue weighted by molar-refractivity contribution is -0.118. The van der Waals surface area contributed by atoms with Gasteiger partial charge in [-0.3, -0.25) is 4.79 Å². The van der Waals surface area contributed by atoms with Gasteiger partial charge >= 0.3 is 0 Å². The van der Waals surface area contributed by atoms with E-state index in [-0.39, 0.29) is 17.5 Å². The van der Waals surface area contributed by atoms with E-state index in [0.29, 0.717) is 0 Å². The van der Waals surface area contributed by atoms with E-state index in [1.54, 1.807) is 6.08 Å². The lowest BCUT2D eigenvalue weighted by Gasteiger charge is -2.32. The van der Waals surface area contributed by atoms with E-state index in [0.717, 1.165) is 37.5 Å². The van der Waals surface area contributed by atoms with Crippen molar-refractivity contribution >= 4 is 12.0 Å². The van der Waals surface area contributed by atoms with Crippen molar-refractivity contribution in [3.8, 4) is 6.07 Å². The minimum atomic E-state index is -0.253. The van der Waals surface area contributed by atoms with Crippen molar-refractivity contribution in [3.05, 3.63) is 41.5 Å². The summed E-state index contributed by atoms with van der Waals surface area (Å²) in [5.74, 6) is -0.253. The molecule has 4 nitrogen and oxygen atoms in total. The molecule has 0 spiro atoms. The Morgan fingerprint density at radius 2 is 1.86 bits per heavy atom. The van der Waals surface area contributed by atoms with Gasteiger partial charge in [0.2, 0.25) is 0 Å². The Labute approximate surface area is 131 Å². The molecule has 0 aromatic heterocycles. The Morgan fingerprint density at radius 3 is 2.45 bits per heavy atom. The average Bonchev–Trinajstić information content (AvgIpc) is 3.39. The van der Waals surface area contributed by atoms with Crippen LogP contribution in [-0.4, -0.2) is 36.0 Å². The maximum Gasteiger partial charge on any atom is 0.262 e. The Hall–Kier alpha value is -2.12. The minimum absolute atomic E-state index is 0.177. The van der Waals surface area contributed by atoms with Crippen molar-refractivity contribution in [1.82, 2.24) is 10.2 Å². The van der Waals surface area contributed by atoms with Crippen molar-refractivity contribution in [1.29, 1.82) is 5.26 Å². The molecule has 22 heavy (non-hydrogen) atoms. The predicted molar refractivity (Wildman–Crippen MR) is 85.8 cm³/mol. The number of hydrogen-bond donors (Lipinski definition) is 1. The van der Waals surface area contributed by atoms with Crippen LogP contribution in [0.2, 0.25) is 0 Å². The molecule has 0 unspecified atom stereocenters. The third-order valence-corrected chi connectivity index (χ3v) is 4.40. The van der Waals surface area contributed by atoms with E-state index in [4.69, 9.17) is 0 Å². The first-order valence-corrected chi connectivity index (χ1v) is 7.98. The minimum Gasteiger partial charge on any atom is -0.349 e. The topological polar surface area (TPSA) is 56.1 Å². The molecule has 1 aliphatic heterocycles. The summed E-state index contributed by atoms with van der Waals surface area (Å²) in [6.07, 6.45) is 6.26. The van der Waals surface area contributed by atoms with Gasteiger partial charge in [-0.05, 0) is 37.3 Å². The molecule has 2 fully saturated rings. The van der Waals surface area contributed by atoms with E-state index < -0.39 is 0 Å². The third-order valence-electron chi connectivity index (χ3n) is 4.40. The summed E-state index contributed by atoms with van der Waals surface area (Å²) in [4.78, 5) is 14.8. The number of benzene rings is 1. The Bertz CT molecular complexity index is 591. The summed E-state index contributed by atoms with van der Waals surface area (Å²) in [5, 5.41) is 12.2. The molecule has 1 saturated heterocycles. The molecule has 114 valence electrons. The Balaban J connectivity index is 1.56. The molecule has 1 aromatic rings. The normalized spacial score (nSPS) is 20.4. The number of nitriles is 1. The van der Waals surface area contributed by atoms with Crippen LogP contribution in [0.4, 0.5) is 0 Å². The van der Waals surface area contributed by atoms with Crippen LogP contribution in [0.15, 0.2) is 35.9 Å². The van der Waals surface area contributed by atoms with Crippen LogP contribution in [0.1, 0.15) is 31.2 Å². The number of likely N-dealkylation sites (tertiary alicyclic amines) is 1. The molecule has 2 aliphatic rings. The maximum absolute atomic E-state index is 12.3. The van der Waals surface area contributed by atoms with Crippen molar-refractivity contribution in [2.75, 3.05) is 13.1 Å². The van der Waals surface area contributed by atoms with Gasteiger partial charge in [0.05, 0.1) is 0 Å². The van der Waals surface area contributed by atoms with Gasteiger partial charge < -0.3 is 10.2 Å². The average molecular weight is 295 g/mol. The molecule has 3 rings (SSSR count). The van der Waals surface area contributed by atoms with E-state index >= 15 is 0 Å². The highest BCUT2D eigenvalue weighted by Crippen LogP contribution is 2.29. The van der Waals surface area contributed by atoms with Crippen LogP contribution in [0.5, 0.6) is 0 Å².